The minimum atomic E-state index is -4.76. The standard InChI is InChI=1S/C10H12F3NO/c11-10(12,13)9(15)14-5-8-4-6-1-2-7(8)3-6/h1-2,6-8H,3-5H2,(H,14,15). The number of carbonyl (C=O) groups excluding carboxylic acids is 1. The van der Waals surface area contributed by atoms with E-state index in [1.165, 1.54) is 0 Å². The summed E-state index contributed by atoms with van der Waals surface area (Å²) in [5.41, 5.74) is 0. The number of amides is 1. The fourth-order valence-electron chi connectivity index (χ4n) is 2.45. The average Bonchev–Trinajstić information content (AvgIpc) is 2.73. The number of hydrogen-bond donors (Lipinski definition) is 1. The number of halogens is 3. The molecule has 1 amide bonds. The molecular formula is C10H12F3NO. The van der Waals surface area contributed by atoms with Crippen molar-refractivity contribution in [2.45, 2.75) is 19.0 Å². The number of rotatable bonds is 2. The molecule has 0 aliphatic heterocycles. The second-order valence-electron chi connectivity index (χ2n) is 4.25. The molecule has 0 saturated heterocycles. The SMILES string of the molecule is O=C(NCC1CC2C=CC1C2)C(F)(F)F. The molecule has 1 fully saturated rings. The minimum Gasteiger partial charge on any atom is -0.348 e. The molecule has 0 aromatic carbocycles. The van der Waals surface area contributed by atoms with Gasteiger partial charge in [-0.3, -0.25) is 4.79 Å². The monoisotopic (exact) mass is 219 g/mol. The summed E-state index contributed by atoms with van der Waals surface area (Å²) in [6, 6.07) is 0. The van der Waals surface area contributed by atoms with Crippen molar-refractivity contribution >= 4 is 5.91 Å². The highest BCUT2D eigenvalue weighted by molar-refractivity contribution is 5.81. The molecule has 0 radical (unpaired) electrons. The Morgan fingerprint density at radius 2 is 2.07 bits per heavy atom. The molecule has 2 nitrogen and oxygen atoms in total. The molecule has 2 rings (SSSR count). The van der Waals surface area contributed by atoms with Gasteiger partial charge >= 0.3 is 12.1 Å². The van der Waals surface area contributed by atoms with Gasteiger partial charge in [0.25, 0.3) is 0 Å². The largest absolute Gasteiger partial charge is 0.471 e. The van der Waals surface area contributed by atoms with Gasteiger partial charge < -0.3 is 5.32 Å². The predicted molar refractivity (Wildman–Crippen MR) is 47.9 cm³/mol. The molecular weight excluding hydrogens is 207 g/mol. The van der Waals surface area contributed by atoms with E-state index in [0.29, 0.717) is 11.8 Å². The van der Waals surface area contributed by atoms with Gasteiger partial charge in [-0.2, -0.15) is 13.2 Å². The van der Waals surface area contributed by atoms with Gasteiger partial charge in [0, 0.05) is 6.54 Å². The van der Waals surface area contributed by atoms with E-state index in [4.69, 9.17) is 0 Å². The van der Waals surface area contributed by atoms with Crippen LogP contribution < -0.4 is 5.32 Å². The third-order valence-electron chi connectivity index (χ3n) is 3.20. The fraction of sp³-hybridized carbons (Fsp3) is 0.700. The van der Waals surface area contributed by atoms with Gasteiger partial charge in [0.2, 0.25) is 0 Å². The first-order valence-electron chi connectivity index (χ1n) is 5.00. The molecule has 0 aromatic rings. The van der Waals surface area contributed by atoms with E-state index in [9.17, 15) is 18.0 Å². The van der Waals surface area contributed by atoms with E-state index in [-0.39, 0.29) is 12.5 Å². The fourth-order valence-corrected chi connectivity index (χ4v) is 2.45. The lowest BCUT2D eigenvalue weighted by molar-refractivity contribution is -0.173. The van der Waals surface area contributed by atoms with Gasteiger partial charge in [-0.25, -0.2) is 0 Å². The van der Waals surface area contributed by atoms with Crippen molar-refractivity contribution in [3.8, 4) is 0 Å². The molecule has 0 heterocycles. The zero-order valence-corrected chi connectivity index (χ0v) is 8.05. The Bertz CT molecular complexity index is 298. The molecule has 15 heavy (non-hydrogen) atoms. The van der Waals surface area contributed by atoms with Crippen LogP contribution in [0.2, 0.25) is 0 Å². The Kier molecular flexibility index (Phi) is 2.48. The van der Waals surface area contributed by atoms with Crippen LogP contribution in [0, 0.1) is 17.8 Å². The van der Waals surface area contributed by atoms with Crippen LogP contribution in [0.3, 0.4) is 0 Å². The second-order valence-corrected chi connectivity index (χ2v) is 4.25. The van der Waals surface area contributed by atoms with Gasteiger partial charge in [0.15, 0.2) is 0 Å². The number of allylic oxidation sites excluding steroid dienone is 2. The predicted octanol–water partition coefficient (Wildman–Crippen LogP) is 1.88. The summed E-state index contributed by atoms with van der Waals surface area (Å²) in [5, 5.41) is 1.95. The van der Waals surface area contributed by atoms with Crippen LogP contribution in [0.5, 0.6) is 0 Å². The second kappa shape index (κ2) is 3.54. The van der Waals surface area contributed by atoms with Crippen molar-refractivity contribution < 1.29 is 18.0 Å². The zero-order valence-electron chi connectivity index (χ0n) is 8.05. The van der Waals surface area contributed by atoms with Gasteiger partial charge in [0.1, 0.15) is 0 Å². The third-order valence-corrected chi connectivity index (χ3v) is 3.20. The summed E-state index contributed by atoms with van der Waals surface area (Å²) < 4.78 is 35.7. The van der Waals surface area contributed by atoms with Gasteiger partial charge in [-0.15, -0.1) is 0 Å². The Hall–Kier alpha value is -1.00. The van der Waals surface area contributed by atoms with Crippen molar-refractivity contribution in [2.24, 2.45) is 17.8 Å². The van der Waals surface area contributed by atoms with Gasteiger partial charge in [-0.1, -0.05) is 12.2 Å². The third kappa shape index (κ3) is 2.16. The smallest absolute Gasteiger partial charge is 0.348 e. The maximum Gasteiger partial charge on any atom is 0.471 e. The topological polar surface area (TPSA) is 29.1 Å². The van der Waals surface area contributed by atoms with Gasteiger partial charge in [0.05, 0.1) is 0 Å². The molecule has 2 aliphatic rings. The van der Waals surface area contributed by atoms with E-state index in [2.05, 4.69) is 12.2 Å². The van der Waals surface area contributed by atoms with E-state index in [1.807, 2.05) is 5.32 Å². The normalized spacial score (nSPS) is 33.4. The van der Waals surface area contributed by atoms with Crippen molar-refractivity contribution in [1.82, 2.24) is 5.32 Å². The number of hydrogen-bond acceptors (Lipinski definition) is 1. The molecule has 0 spiro atoms. The quantitative estimate of drug-likeness (QED) is 0.706. The van der Waals surface area contributed by atoms with Crippen LogP contribution in [0.25, 0.3) is 0 Å². The van der Waals surface area contributed by atoms with Crippen LogP contribution in [0.15, 0.2) is 12.2 Å². The first kappa shape index (κ1) is 10.5. The molecule has 3 atom stereocenters. The Labute approximate surface area is 85.5 Å². The van der Waals surface area contributed by atoms with Crippen LogP contribution in [-0.4, -0.2) is 18.6 Å². The van der Waals surface area contributed by atoms with Crippen molar-refractivity contribution in [3.63, 3.8) is 0 Å². The molecule has 2 aliphatic carbocycles. The summed E-state index contributed by atoms with van der Waals surface area (Å²) in [6.45, 7) is 0.143. The zero-order chi connectivity index (χ0) is 11.1. The molecule has 5 heteroatoms. The van der Waals surface area contributed by atoms with Crippen LogP contribution in [0.4, 0.5) is 13.2 Å². The molecule has 84 valence electrons. The van der Waals surface area contributed by atoms with Crippen molar-refractivity contribution in [1.29, 1.82) is 0 Å². The Morgan fingerprint density at radius 3 is 2.53 bits per heavy atom. The Morgan fingerprint density at radius 1 is 1.33 bits per heavy atom. The maximum atomic E-state index is 11.9. The Balaban J connectivity index is 1.80. The lowest BCUT2D eigenvalue weighted by Crippen LogP contribution is -2.40. The van der Waals surface area contributed by atoms with Crippen LogP contribution in [0.1, 0.15) is 12.8 Å². The number of nitrogens with one attached hydrogen (secondary N) is 1. The lowest BCUT2D eigenvalue weighted by atomic mass is 9.94. The number of alkyl halides is 3. The van der Waals surface area contributed by atoms with Crippen LogP contribution in [-0.2, 0) is 4.79 Å². The van der Waals surface area contributed by atoms with E-state index < -0.39 is 12.1 Å². The summed E-state index contributed by atoms with van der Waals surface area (Å²) in [7, 11) is 0. The van der Waals surface area contributed by atoms with Crippen molar-refractivity contribution in [3.05, 3.63) is 12.2 Å². The first-order valence-corrected chi connectivity index (χ1v) is 5.00. The van der Waals surface area contributed by atoms with Gasteiger partial charge in [-0.05, 0) is 30.6 Å². The van der Waals surface area contributed by atoms with E-state index >= 15 is 0 Å². The summed E-state index contributed by atoms with van der Waals surface area (Å²) in [6.07, 6.45) is 1.35. The summed E-state index contributed by atoms with van der Waals surface area (Å²) >= 11 is 0. The molecule has 3 unspecified atom stereocenters. The highest BCUT2D eigenvalue weighted by Gasteiger charge is 2.40. The molecule has 0 aromatic heterocycles. The average molecular weight is 219 g/mol. The number of fused-ring (bicyclic) bond motifs is 2. The van der Waals surface area contributed by atoms with E-state index in [0.717, 1.165) is 12.8 Å². The summed E-state index contributed by atoms with van der Waals surface area (Å²) in [5.74, 6) is -0.758. The first-order chi connectivity index (χ1) is 6.97. The minimum absolute atomic E-state index is 0.143. The highest BCUT2D eigenvalue weighted by Crippen LogP contribution is 2.42. The van der Waals surface area contributed by atoms with Crippen molar-refractivity contribution in [2.75, 3.05) is 6.54 Å². The molecule has 1 N–H and O–H groups in total. The van der Waals surface area contributed by atoms with E-state index in [1.54, 1.807) is 0 Å². The molecule has 2 bridgehead atoms. The highest BCUT2D eigenvalue weighted by atomic mass is 19.4. The molecule has 1 saturated carbocycles. The van der Waals surface area contributed by atoms with Crippen LogP contribution >= 0.6 is 0 Å². The lowest BCUT2D eigenvalue weighted by Gasteiger charge is -2.18. The number of carbonyl (C=O) groups is 1. The summed E-state index contributed by atoms with van der Waals surface area (Å²) in [4.78, 5) is 10.6. The maximum absolute atomic E-state index is 11.9.